The lowest BCUT2D eigenvalue weighted by molar-refractivity contribution is -0.356. The van der Waals surface area contributed by atoms with E-state index in [2.05, 4.69) is 4.74 Å². The number of ether oxygens (including phenoxy) is 2. The molecule has 7 nitrogen and oxygen atoms in total. The summed E-state index contributed by atoms with van der Waals surface area (Å²) in [6.45, 7) is -0.617. The van der Waals surface area contributed by atoms with Gasteiger partial charge in [-0.25, -0.2) is 4.79 Å². The molecule has 1 aromatic rings. The van der Waals surface area contributed by atoms with Gasteiger partial charge in [-0.15, -0.1) is 0 Å². The number of carbonyl (C=O) groups is 2. The second kappa shape index (κ2) is 10.8. The van der Waals surface area contributed by atoms with E-state index in [9.17, 15) is 44.3 Å². The molecule has 2 radical (unpaired) electrons. The molecular formula is C20H21BF6O7S. The van der Waals surface area contributed by atoms with E-state index in [1.54, 1.807) is 0 Å². The van der Waals surface area contributed by atoms with Crippen LogP contribution in [0.25, 0.3) is 0 Å². The number of hydrogen-bond donors (Lipinski definition) is 1. The van der Waals surface area contributed by atoms with Crippen molar-refractivity contribution < 1.29 is 58.4 Å². The van der Waals surface area contributed by atoms with Crippen molar-refractivity contribution in [3.63, 3.8) is 0 Å². The summed E-state index contributed by atoms with van der Waals surface area (Å²) in [7, 11) is -0.468. The van der Waals surface area contributed by atoms with E-state index in [1.807, 2.05) is 0 Å². The van der Waals surface area contributed by atoms with Gasteiger partial charge in [0.15, 0.2) is 5.78 Å². The monoisotopic (exact) mass is 530 g/mol. The first-order valence-electron chi connectivity index (χ1n) is 10.3. The first-order chi connectivity index (χ1) is 16.0. The molecule has 1 aliphatic rings. The summed E-state index contributed by atoms with van der Waals surface area (Å²) in [5, 5.41) is 0. The van der Waals surface area contributed by atoms with Crippen LogP contribution in [0, 0.1) is 5.92 Å². The Morgan fingerprint density at radius 3 is 2.09 bits per heavy atom. The Morgan fingerprint density at radius 2 is 1.60 bits per heavy atom. The molecule has 0 spiro atoms. The fourth-order valence-electron chi connectivity index (χ4n) is 3.61. The van der Waals surface area contributed by atoms with E-state index in [4.69, 9.17) is 17.1 Å². The van der Waals surface area contributed by atoms with E-state index in [-0.39, 0.29) is 23.6 Å². The molecule has 15 heteroatoms. The number of benzene rings is 1. The second-order valence-corrected chi connectivity index (χ2v) is 9.52. The third-order valence-electron chi connectivity index (χ3n) is 5.50. The van der Waals surface area contributed by atoms with E-state index < -0.39 is 57.7 Å². The Kier molecular flexibility index (Phi) is 8.91. The van der Waals surface area contributed by atoms with Crippen molar-refractivity contribution in [3.8, 4) is 5.75 Å². The molecule has 0 heterocycles. The summed E-state index contributed by atoms with van der Waals surface area (Å²) in [6, 6.07) is 2.91. The smallest absolute Gasteiger partial charge is 0.438 e. The Hall–Kier alpha value is -2.29. The van der Waals surface area contributed by atoms with Gasteiger partial charge in [-0.1, -0.05) is 37.2 Å². The molecule has 0 saturated heterocycles. The molecule has 2 rings (SSSR count). The highest BCUT2D eigenvalue weighted by molar-refractivity contribution is 7.85. The van der Waals surface area contributed by atoms with Gasteiger partial charge in [-0.05, 0) is 25.0 Å². The summed E-state index contributed by atoms with van der Waals surface area (Å²) in [4.78, 5) is 24.9. The van der Waals surface area contributed by atoms with Gasteiger partial charge in [0.05, 0.1) is 7.85 Å². The van der Waals surface area contributed by atoms with Gasteiger partial charge in [-0.2, -0.15) is 34.8 Å². The van der Waals surface area contributed by atoms with Crippen molar-refractivity contribution >= 4 is 29.7 Å². The number of esters is 1. The van der Waals surface area contributed by atoms with Crippen LogP contribution in [0.4, 0.5) is 26.3 Å². The molecule has 1 fully saturated rings. The Morgan fingerprint density at radius 1 is 1.03 bits per heavy atom. The normalized spacial score (nSPS) is 16.1. The van der Waals surface area contributed by atoms with Gasteiger partial charge >= 0.3 is 23.9 Å². The number of carbonyl (C=O) groups excluding carboxylic acids is 2. The summed E-state index contributed by atoms with van der Waals surface area (Å²) < 4.78 is 121. The maximum atomic E-state index is 13.5. The van der Waals surface area contributed by atoms with Crippen molar-refractivity contribution in [2.45, 2.75) is 56.4 Å². The Bertz CT molecular complexity index is 1020. The number of alkyl halides is 6. The third kappa shape index (κ3) is 7.12. The van der Waals surface area contributed by atoms with Crippen LogP contribution in [-0.4, -0.2) is 62.9 Å². The lowest BCUT2D eigenvalue weighted by Gasteiger charge is -2.35. The van der Waals surface area contributed by atoms with Crippen LogP contribution in [0.3, 0.4) is 0 Å². The topological polar surface area (TPSA) is 107 Å². The predicted molar refractivity (Wildman–Crippen MR) is 110 cm³/mol. The third-order valence-corrected chi connectivity index (χ3v) is 6.27. The summed E-state index contributed by atoms with van der Waals surface area (Å²) >= 11 is 0. The minimum Gasteiger partial charge on any atom is -0.485 e. The zero-order valence-corrected chi connectivity index (χ0v) is 18.9. The molecule has 0 aromatic heterocycles. The van der Waals surface area contributed by atoms with Crippen LogP contribution in [-0.2, 0) is 26.0 Å². The quantitative estimate of drug-likeness (QED) is 0.224. The fourth-order valence-corrected chi connectivity index (χ4v) is 4.51. The van der Waals surface area contributed by atoms with Crippen molar-refractivity contribution in [2.75, 3.05) is 12.4 Å². The number of hydrogen-bond acceptors (Lipinski definition) is 6. The summed E-state index contributed by atoms with van der Waals surface area (Å²) in [5.41, 5.74) is -6.25. The van der Waals surface area contributed by atoms with Crippen molar-refractivity contribution in [1.29, 1.82) is 0 Å². The molecule has 194 valence electrons. The van der Waals surface area contributed by atoms with Gasteiger partial charge in [0.25, 0.3) is 10.1 Å². The van der Waals surface area contributed by atoms with Crippen LogP contribution in [0.2, 0.25) is 0 Å². The molecule has 0 atom stereocenters. The molecule has 0 aliphatic heterocycles. The van der Waals surface area contributed by atoms with Crippen LogP contribution in [0.15, 0.2) is 18.2 Å². The van der Waals surface area contributed by atoms with E-state index in [0.29, 0.717) is 12.8 Å². The minimum atomic E-state index is -6.48. The molecular weight excluding hydrogens is 509 g/mol. The second-order valence-electron chi connectivity index (χ2n) is 8.06. The first kappa shape index (κ1) is 28.9. The maximum Gasteiger partial charge on any atom is 0.438 e. The number of rotatable bonds is 9. The lowest BCUT2D eigenvalue weighted by Crippen LogP contribution is -2.63. The largest absolute Gasteiger partial charge is 0.485 e. The summed E-state index contributed by atoms with van der Waals surface area (Å²) in [6.07, 6.45) is -9.37. The highest BCUT2D eigenvalue weighted by Crippen LogP contribution is 2.47. The minimum absolute atomic E-state index is 0.153. The fraction of sp³-hybridized carbons (Fsp3) is 0.600. The molecule has 0 unspecified atom stereocenters. The Labute approximate surface area is 198 Å². The molecule has 1 aromatic carbocycles. The summed E-state index contributed by atoms with van der Waals surface area (Å²) in [5.74, 6) is -6.54. The van der Waals surface area contributed by atoms with Gasteiger partial charge in [0.1, 0.15) is 23.7 Å². The molecule has 1 saturated carbocycles. The number of Topliss-reactive ketones (excluding diaryl/α,β-unsaturated/α-hetero) is 1. The molecule has 0 bridgehead atoms. The highest BCUT2D eigenvalue weighted by atomic mass is 32.2. The van der Waals surface area contributed by atoms with E-state index >= 15 is 0 Å². The Balaban J connectivity index is 2.42. The van der Waals surface area contributed by atoms with Crippen molar-refractivity contribution in [2.24, 2.45) is 5.92 Å². The first-order valence-corrected chi connectivity index (χ1v) is 11.9. The zero-order valence-electron chi connectivity index (χ0n) is 18.1. The van der Waals surface area contributed by atoms with Crippen LogP contribution in [0.1, 0.15) is 48.0 Å². The molecule has 1 N–H and O–H groups in total. The van der Waals surface area contributed by atoms with Gasteiger partial charge in [0.2, 0.25) is 0 Å². The van der Waals surface area contributed by atoms with E-state index in [1.165, 1.54) is 0 Å². The van der Waals surface area contributed by atoms with Gasteiger partial charge in [0, 0.05) is 5.92 Å². The van der Waals surface area contributed by atoms with Gasteiger partial charge < -0.3 is 9.47 Å². The van der Waals surface area contributed by atoms with Crippen LogP contribution >= 0.6 is 0 Å². The SMILES string of the molecule is [B]Cc1ccc(C(=O)OC(CS(=O)(=O)O)(C(F)(F)F)C(F)(F)F)c(OCC(=O)C2CCCCC2)c1. The number of halogens is 6. The van der Waals surface area contributed by atoms with Crippen molar-refractivity contribution in [3.05, 3.63) is 29.3 Å². The van der Waals surface area contributed by atoms with Crippen LogP contribution < -0.4 is 4.74 Å². The zero-order chi connectivity index (χ0) is 26.7. The highest BCUT2D eigenvalue weighted by Gasteiger charge is 2.76. The molecule has 0 amide bonds. The predicted octanol–water partition coefficient (Wildman–Crippen LogP) is 3.79. The average molecular weight is 530 g/mol. The molecule has 35 heavy (non-hydrogen) atoms. The maximum absolute atomic E-state index is 13.5. The standard InChI is InChI=1S/C20H21BF6O7S/c21-9-12-6-7-14(16(8-12)33-10-15(28)13-4-2-1-3-5-13)17(29)34-18(19(22,23)24,20(25,26)27)11-35(30,31)32/h6-8,13H,1-5,9-11H2,(H,30,31,32). The van der Waals surface area contributed by atoms with Gasteiger partial charge in [-0.3, -0.25) is 9.35 Å². The van der Waals surface area contributed by atoms with E-state index in [0.717, 1.165) is 37.5 Å². The van der Waals surface area contributed by atoms with Crippen molar-refractivity contribution in [1.82, 2.24) is 0 Å². The molecule has 1 aliphatic carbocycles. The van der Waals surface area contributed by atoms with Crippen LogP contribution in [0.5, 0.6) is 5.75 Å². The lowest BCUT2D eigenvalue weighted by atomic mass is 9.86. The number of ketones is 1. The average Bonchev–Trinajstić information content (AvgIpc) is 2.74.